The third-order valence-electron chi connectivity index (χ3n) is 16.5. The number of aromatic hydroxyl groups is 2. The number of nitrogens with one attached hydrogen (secondary N) is 2. The minimum atomic E-state index is -5.32. The lowest BCUT2D eigenvalue weighted by Crippen LogP contribution is -2.15. The van der Waals surface area contributed by atoms with Crippen LogP contribution in [0.5, 0.6) is 23.0 Å². The first-order chi connectivity index (χ1) is 60.0. The summed E-state index contributed by atoms with van der Waals surface area (Å²) in [5.74, 6) is -3.07. The Hall–Kier alpha value is -11.0. The SMILES string of the molecule is COc1cc(N=Nc2c(SOOO)cc3cc(S(=O)(=O)O)c(N=Nc4ccc(S(=O)(=O)CCOS(=O)(=O)O)cc4)c(N)c3c2O)c(OC)cc1C.Nc1c(N=Nc2cc(Nc3nc(Cl)nc(Nc4cccc(S(=O)(=O)CCOS(=O)(=O)O)c4)n3)ccc2SOOO)c(S(=O)(=O)O)cc2cc(SOOO)c(N=Nc3ccc4c(S(=O)(=O)O)cccc4c3S(=O)(=O)O)c(O)c12. The lowest BCUT2D eigenvalue weighted by Gasteiger charge is -2.14. The van der Waals surface area contributed by atoms with Gasteiger partial charge in [-0.3, -0.25) is 27.3 Å². The quantitative estimate of drug-likeness (QED) is 0.00429. The number of hydrogen-bond acceptors (Lipinski definition) is 49. The number of sulfone groups is 2. The second-order valence-corrected chi connectivity index (χ2v) is 39.1. The molecule has 0 saturated heterocycles. The second-order valence-electron chi connectivity index (χ2n) is 24.6. The zero-order chi connectivity index (χ0) is 94.0. The predicted molar refractivity (Wildman–Crippen MR) is 446 cm³/mol. The molecular weight excluding hydrogens is 1960 g/mol. The van der Waals surface area contributed by atoms with Crippen LogP contribution in [-0.4, -0.2) is 175 Å². The number of hydrogen-bond donors (Lipinski definition) is 15. The van der Waals surface area contributed by atoms with Crippen molar-refractivity contribution in [2.24, 2.45) is 40.9 Å². The molecule has 1 heterocycles. The number of fused-ring (bicyclic) bond motifs is 3. The third kappa shape index (κ3) is 24.9. The molecule has 0 atom stereocenters. The van der Waals surface area contributed by atoms with Gasteiger partial charge in [-0.25, -0.2) is 41.0 Å². The molecule has 0 aliphatic rings. The number of ether oxygens (including phenoxy) is 2. The van der Waals surface area contributed by atoms with Crippen molar-refractivity contribution in [1.29, 1.82) is 0 Å². The van der Waals surface area contributed by atoms with Gasteiger partial charge in [-0.2, -0.15) is 70.6 Å². The molecular formula is C64H56ClN15O37S11. The zero-order valence-electron chi connectivity index (χ0n) is 63.5. The van der Waals surface area contributed by atoms with Crippen molar-refractivity contribution in [1.82, 2.24) is 15.0 Å². The van der Waals surface area contributed by atoms with Crippen LogP contribution < -0.4 is 31.6 Å². The monoisotopic (exact) mass is 2010 g/mol. The summed E-state index contributed by atoms with van der Waals surface area (Å²) in [5, 5.41) is 95.7. The number of nitrogens with two attached hydrogens (primary N) is 2. The molecule has 682 valence electrons. The summed E-state index contributed by atoms with van der Waals surface area (Å²) in [7, 11) is -35.7. The van der Waals surface area contributed by atoms with Crippen molar-refractivity contribution in [2.75, 3.05) is 61.0 Å². The lowest BCUT2D eigenvalue weighted by atomic mass is 10.1. The van der Waals surface area contributed by atoms with Gasteiger partial charge in [-0.15, -0.1) is 48.8 Å². The average molecular weight is 2020 g/mol. The van der Waals surface area contributed by atoms with E-state index in [9.17, 15) is 95.8 Å². The summed E-state index contributed by atoms with van der Waals surface area (Å²) in [6.07, 6.45) is 0. The Bertz CT molecular complexity index is 7330. The van der Waals surface area contributed by atoms with Gasteiger partial charge < -0.3 is 41.8 Å². The number of aryl methyl sites for hydroxylation is 1. The minimum Gasteiger partial charge on any atom is -0.505 e. The van der Waals surface area contributed by atoms with Crippen LogP contribution in [0.25, 0.3) is 32.3 Å². The summed E-state index contributed by atoms with van der Waals surface area (Å²) in [5.41, 5.74) is 9.17. The smallest absolute Gasteiger partial charge is 0.397 e. The molecule has 64 heteroatoms. The van der Waals surface area contributed by atoms with Crippen LogP contribution >= 0.6 is 47.7 Å². The van der Waals surface area contributed by atoms with E-state index in [-0.39, 0.29) is 104 Å². The molecule has 128 heavy (non-hydrogen) atoms. The number of aromatic nitrogens is 3. The van der Waals surface area contributed by atoms with Crippen molar-refractivity contribution in [3.8, 4) is 23.0 Å². The van der Waals surface area contributed by atoms with E-state index in [1.807, 2.05) is 0 Å². The van der Waals surface area contributed by atoms with Crippen molar-refractivity contribution in [3.63, 3.8) is 0 Å². The number of azo groups is 4. The first kappa shape index (κ1) is 99.2. The Labute approximate surface area is 737 Å². The van der Waals surface area contributed by atoms with Gasteiger partial charge in [0.05, 0.1) is 127 Å². The molecule has 11 aromatic rings. The van der Waals surface area contributed by atoms with E-state index in [4.69, 9.17) is 57.4 Å². The maximum atomic E-state index is 12.9. The van der Waals surface area contributed by atoms with E-state index in [2.05, 4.69) is 103 Å². The Morgan fingerprint density at radius 3 is 1.38 bits per heavy atom. The van der Waals surface area contributed by atoms with Gasteiger partial charge in [-0.1, -0.05) is 39.4 Å². The predicted octanol–water partition coefficient (Wildman–Crippen LogP) is 13.2. The minimum absolute atomic E-state index is 0.0259. The molecule has 0 aliphatic heterocycles. The molecule has 0 bridgehead atoms. The third-order valence-corrected chi connectivity index (χ3v) is 26.5. The van der Waals surface area contributed by atoms with E-state index >= 15 is 0 Å². The number of nitrogen functional groups attached to an aromatic ring is 2. The number of methoxy groups -OCH3 is 2. The highest BCUT2D eigenvalue weighted by Crippen LogP contribution is 2.53. The summed E-state index contributed by atoms with van der Waals surface area (Å²) < 4.78 is 284. The maximum Gasteiger partial charge on any atom is 0.397 e. The van der Waals surface area contributed by atoms with Gasteiger partial charge in [-0.05, 0) is 138 Å². The highest BCUT2D eigenvalue weighted by atomic mass is 35.5. The van der Waals surface area contributed by atoms with E-state index in [1.165, 1.54) is 74.9 Å². The molecule has 0 saturated carbocycles. The Morgan fingerprint density at radius 1 is 0.430 bits per heavy atom. The molecule has 0 fully saturated rings. The Morgan fingerprint density at radius 2 is 0.891 bits per heavy atom. The van der Waals surface area contributed by atoms with Crippen molar-refractivity contribution < 1.29 is 167 Å². The molecule has 0 radical (unpaired) electrons. The van der Waals surface area contributed by atoms with Crippen LogP contribution in [0.4, 0.5) is 80.1 Å². The fourth-order valence-electron chi connectivity index (χ4n) is 11.2. The lowest BCUT2D eigenvalue weighted by molar-refractivity contribution is -0.432. The molecule has 0 spiro atoms. The second kappa shape index (κ2) is 40.8. The van der Waals surface area contributed by atoms with Crippen LogP contribution in [0.1, 0.15) is 5.56 Å². The van der Waals surface area contributed by atoms with Crippen molar-refractivity contribution >= 4 is 241 Å². The summed E-state index contributed by atoms with van der Waals surface area (Å²) >= 11 is 6.98. The number of halogens is 1. The number of anilines is 6. The largest absolute Gasteiger partial charge is 0.505 e. The number of rotatable bonds is 37. The van der Waals surface area contributed by atoms with E-state index in [0.29, 0.717) is 35.6 Å². The average Bonchev–Trinajstić information content (AvgIpc) is 0.749. The maximum absolute atomic E-state index is 12.9. The first-order valence-electron chi connectivity index (χ1n) is 33.5. The van der Waals surface area contributed by atoms with Gasteiger partial charge in [0.15, 0.2) is 31.2 Å². The van der Waals surface area contributed by atoms with Gasteiger partial charge in [0.1, 0.15) is 70.9 Å². The summed E-state index contributed by atoms with van der Waals surface area (Å²) in [6.45, 7) is 0.0347. The molecule has 17 N–H and O–H groups in total. The Balaban J connectivity index is 0.000000290. The highest BCUT2D eigenvalue weighted by Gasteiger charge is 2.31. The van der Waals surface area contributed by atoms with E-state index in [0.717, 1.165) is 72.3 Å². The molecule has 52 nitrogen and oxygen atoms in total. The fraction of sp³-hybridized carbons (Fsp3) is 0.109. The van der Waals surface area contributed by atoms with Crippen LogP contribution in [-0.2, 0) is 117 Å². The van der Waals surface area contributed by atoms with E-state index in [1.54, 1.807) is 13.0 Å². The zero-order valence-corrected chi connectivity index (χ0v) is 73.2. The van der Waals surface area contributed by atoms with Crippen LogP contribution in [0.3, 0.4) is 0 Å². The molecule has 0 aliphatic carbocycles. The topological polar surface area (TPSA) is 802 Å². The van der Waals surface area contributed by atoms with Gasteiger partial charge in [0.2, 0.25) is 17.2 Å². The van der Waals surface area contributed by atoms with Crippen molar-refractivity contribution in [2.45, 2.75) is 51.0 Å². The standard InChI is InChI=1S/C37H29ClN10O22S7.C27H27N5O15S4/c38-35-42-36(40-18-3-1-4-20(15-18)73(52,53)12-11-66-77(63,64)65)44-37(43-35)41-19-7-10-25(71-69-67-50)24(16-19)46-48-32-28(75(57,58)59)14-17-13-26(72-70-68-51)31(33(49)29(17)30(32)39)47-45-23-9-8-21-22(34(23)76(60,61)62)5-2-6-27(21)74(54,55)56;1-14-10-20(44-3)18(13-19(14)43-2)30-31-25-21(48-47-46-34)11-15-12-22(50(37,38)39)26(24(28)23(15)27(25)33)32-29-16-4-6-17(7-5-16)49(35,36)9-8-45-51(40,41)42/h1-10,13-16,49-51H,11-12,39H2,(H,54,55,56)(H,57,58,59)(H,60,61,62)(H,63,64,65)(H2,40,41,42,43,44);4-7,10-13,33-34H,8-9,28H2,1-3H3,(H,37,38,39)(H,40,41,42). The van der Waals surface area contributed by atoms with Crippen molar-refractivity contribution in [3.05, 3.63) is 144 Å². The first-order valence-corrected chi connectivity index (χ1v) is 47.9. The number of nitrogens with zero attached hydrogens (tertiary/aromatic N) is 11. The summed E-state index contributed by atoms with van der Waals surface area (Å²) in [6, 6.07) is 25.5. The van der Waals surface area contributed by atoms with Gasteiger partial charge in [0.25, 0.3) is 40.5 Å². The molecule has 1 aromatic heterocycles. The Kier molecular flexibility index (Phi) is 31.6. The molecule has 11 rings (SSSR count). The van der Waals surface area contributed by atoms with Crippen LogP contribution in [0, 0.1) is 6.92 Å². The fourth-order valence-corrected chi connectivity index (χ4v) is 18.6. The van der Waals surface area contributed by atoms with Gasteiger partial charge >= 0.3 is 20.8 Å². The molecule has 10 aromatic carbocycles. The van der Waals surface area contributed by atoms with Gasteiger partial charge in [0, 0.05) is 28.2 Å². The highest BCUT2D eigenvalue weighted by molar-refractivity contribution is 7.95. The normalized spacial score (nSPS) is 12.8. The van der Waals surface area contributed by atoms with Crippen LogP contribution in [0.2, 0.25) is 5.28 Å². The van der Waals surface area contributed by atoms with Crippen LogP contribution in [0.15, 0.2) is 218 Å². The van der Waals surface area contributed by atoms with E-state index < -0.39 is 187 Å². The number of phenols is 2. The number of benzene rings is 10. The molecule has 0 amide bonds. The number of phenolic OH excluding ortho intramolecular Hbond substituents is 2. The molecule has 0 unspecified atom stereocenters. The summed E-state index contributed by atoms with van der Waals surface area (Å²) in [4.78, 5) is 7.49.